The highest BCUT2D eigenvalue weighted by Crippen LogP contribution is 2.31. The van der Waals surface area contributed by atoms with Crippen molar-refractivity contribution in [2.75, 3.05) is 0 Å². The molecule has 1 aromatic heterocycles. The van der Waals surface area contributed by atoms with Gasteiger partial charge in [0.25, 0.3) is 11.6 Å². The summed E-state index contributed by atoms with van der Waals surface area (Å²) in [6, 6.07) is 8.63. The number of carbonyl (C=O) groups is 1. The number of hydrogen-bond acceptors (Lipinski definition) is 5. The Morgan fingerprint density at radius 1 is 1.28 bits per heavy atom. The molecule has 0 saturated heterocycles. The first-order chi connectivity index (χ1) is 13.9. The Balaban J connectivity index is 1.82. The molecule has 1 saturated carbocycles. The molecule has 29 heavy (non-hydrogen) atoms. The molecule has 150 valence electrons. The molecule has 2 aromatic rings. The predicted molar refractivity (Wildman–Crippen MR) is 109 cm³/mol. The average molecular weight is 393 g/mol. The molecule has 0 aliphatic heterocycles. The first-order valence-electron chi connectivity index (χ1n) is 9.67. The third-order valence-corrected chi connectivity index (χ3v) is 5.34. The van der Waals surface area contributed by atoms with Crippen molar-refractivity contribution in [3.8, 4) is 17.4 Å². The monoisotopic (exact) mass is 393 g/mol. The molecular formula is C22H23N3O4. The zero-order valence-electron chi connectivity index (χ0n) is 16.5. The number of nitrogens with zero attached hydrogens (tertiary/aromatic N) is 2. The van der Waals surface area contributed by atoms with E-state index in [1.807, 2.05) is 12.1 Å². The van der Waals surface area contributed by atoms with Crippen molar-refractivity contribution in [2.45, 2.75) is 52.0 Å². The number of hydrogen-bond donors (Lipinski definition) is 1. The van der Waals surface area contributed by atoms with Gasteiger partial charge in [-0.2, -0.15) is 5.26 Å². The predicted octanol–water partition coefficient (Wildman–Crippen LogP) is 4.83. The van der Waals surface area contributed by atoms with Crippen molar-refractivity contribution in [3.63, 3.8) is 0 Å². The summed E-state index contributed by atoms with van der Waals surface area (Å²) in [6.07, 6.45) is 6.61. The molecule has 3 rings (SSSR count). The lowest BCUT2D eigenvalue weighted by Gasteiger charge is -2.22. The standard InChI is InChI=1S/C22H23N3O4/c1-14-10-16(12-20(15(14)2)25(27)28)21-9-8-19(29-21)11-17(13-23)22(26)24-18-6-4-3-5-7-18/h8-12,18H,3-7H2,1-2H3,(H,24,26)/b17-11+. The summed E-state index contributed by atoms with van der Waals surface area (Å²) >= 11 is 0. The van der Waals surface area contributed by atoms with E-state index in [2.05, 4.69) is 5.32 Å². The first-order valence-corrected chi connectivity index (χ1v) is 9.67. The number of carbonyl (C=O) groups excluding carboxylic acids is 1. The van der Waals surface area contributed by atoms with Crippen LogP contribution >= 0.6 is 0 Å². The summed E-state index contributed by atoms with van der Waals surface area (Å²) < 4.78 is 5.74. The van der Waals surface area contributed by atoms with Crippen LogP contribution in [0.3, 0.4) is 0 Å². The van der Waals surface area contributed by atoms with E-state index in [1.165, 1.54) is 18.6 Å². The molecule has 0 unspecified atom stereocenters. The van der Waals surface area contributed by atoms with Crippen LogP contribution in [-0.4, -0.2) is 16.9 Å². The van der Waals surface area contributed by atoms with E-state index in [1.54, 1.807) is 26.0 Å². The van der Waals surface area contributed by atoms with Crippen LogP contribution in [-0.2, 0) is 4.79 Å². The van der Waals surface area contributed by atoms with Crippen LogP contribution in [0.5, 0.6) is 0 Å². The third-order valence-electron chi connectivity index (χ3n) is 5.34. The quantitative estimate of drug-likeness (QED) is 0.339. The molecule has 1 heterocycles. The number of aryl methyl sites for hydroxylation is 1. The number of nitriles is 1. The summed E-state index contributed by atoms with van der Waals surface area (Å²) in [6.45, 7) is 3.51. The lowest BCUT2D eigenvalue weighted by molar-refractivity contribution is -0.385. The molecular weight excluding hydrogens is 370 g/mol. The number of nitro benzene ring substituents is 1. The van der Waals surface area contributed by atoms with E-state index >= 15 is 0 Å². The van der Waals surface area contributed by atoms with Gasteiger partial charge in [-0.1, -0.05) is 19.3 Å². The summed E-state index contributed by atoms with van der Waals surface area (Å²) in [4.78, 5) is 23.3. The van der Waals surface area contributed by atoms with Gasteiger partial charge in [0.05, 0.1) is 4.92 Å². The molecule has 1 N–H and O–H groups in total. The summed E-state index contributed by atoms with van der Waals surface area (Å²) in [5.41, 5.74) is 1.97. The molecule has 7 nitrogen and oxygen atoms in total. The normalized spacial score (nSPS) is 15.0. The Bertz CT molecular complexity index is 1010. The Morgan fingerprint density at radius 3 is 2.66 bits per heavy atom. The Hall–Kier alpha value is -3.40. The van der Waals surface area contributed by atoms with E-state index < -0.39 is 10.8 Å². The highest BCUT2D eigenvalue weighted by atomic mass is 16.6. The second-order valence-corrected chi connectivity index (χ2v) is 7.37. The lowest BCUT2D eigenvalue weighted by Crippen LogP contribution is -2.36. The zero-order chi connectivity index (χ0) is 21.0. The Morgan fingerprint density at radius 2 is 2.00 bits per heavy atom. The minimum absolute atomic E-state index is 0.0254. The molecule has 0 radical (unpaired) electrons. The molecule has 1 aliphatic carbocycles. The first kappa shape index (κ1) is 20.3. The van der Waals surface area contributed by atoms with Crippen molar-refractivity contribution in [2.24, 2.45) is 0 Å². The minimum atomic E-state index is -0.418. The van der Waals surface area contributed by atoms with Gasteiger partial charge in [-0.25, -0.2) is 0 Å². The van der Waals surface area contributed by atoms with Crippen LogP contribution in [0.15, 0.2) is 34.3 Å². The van der Waals surface area contributed by atoms with E-state index in [-0.39, 0.29) is 17.3 Å². The van der Waals surface area contributed by atoms with Crippen LogP contribution in [0.1, 0.15) is 49.0 Å². The average Bonchev–Trinajstić information content (AvgIpc) is 3.17. The zero-order valence-corrected chi connectivity index (χ0v) is 16.5. The van der Waals surface area contributed by atoms with E-state index in [0.717, 1.165) is 31.2 Å². The van der Waals surface area contributed by atoms with Crippen LogP contribution in [0, 0.1) is 35.3 Å². The van der Waals surface area contributed by atoms with Crippen molar-refractivity contribution >= 4 is 17.7 Å². The van der Waals surface area contributed by atoms with Gasteiger partial charge in [-0.15, -0.1) is 0 Å². The van der Waals surface area contributed by atoms with Crippen LogP contribution < -0.4 is 5.32 Å². The van der Waals surface area contributed by atoms with Crippen LogP contribution in [0.25, 0.3) is 17.4 Å². The van der Waals surface area contributed by atoms with E-state index in [4.69, 9.17) is 4.42 Å². The number of benzene rings is 1. The van der Waals surface area contributed by atoms with Gasteiger partial charge < -0.3 is 9.73 Å². The van der Waals surface area contributed by atoms with Crippen molar-refractivity contribution < 1.29 is 14.1 Å². The van der Waals surface area contributed by atoms with Gasteiger partial charge in [-0.3, -0.25) is 14.9 Å². The number of nitro groups is 1. The molecule has 1 aromatic carbocycles. The van der Waals surface area contributed by atoms with Crippen molar-refractivity contribution in [1.82, 2.24) is 5.32 Å². The maximum atomic E-state index is 12.4. The van der Waals surface area contributed by atoms with Gasteiger partial charge in [0.2, 0.25) is 0 Å². The fourth-order valence-electron chi connectivity index (χ4n) is 3.56. The highest BCUT2D eigenvalue weighted by Gasteiger charge is 2.19. The molecule has 1 fully saturated rings. The van der Waals surface area contributed by atoms with E-state index in [9.17, 15) is 20.2 Å². The summed E-state index contributed by atoms with van der Waals surface area (Å²) in [7, 11) is 0. The number of amides is 1. The number of furan rings is 1. The van der Waals surface area contributed by atoms with Gasteiger partial charge in [0, 0.05) is 29.3 Å². The SMILES string of the molecule is Cc1cc(-c2ccc(/C=C(\C#N)C(=O)NC3CCCCC3)o2)cc([N+](=O)[O-])c1C. The molecule has 0 bridgehead atoms. The molecule has 0 spiro atoms. The molecule has 1 amide bonds. The fourth-order valence-corrected chi connectivity index (χ4v) is 3.56. The maximum absolute atomic E-state index is 12.4. The number of rotatable bonds is 5. The van der Waals surface area contributed by atoms with Crippen molar-refractivity contribution in [3.05, 3.63) is 56.8 Å². The maximum Gasteiger partial charge on any atom is 0.273 e. The Labute approximate surface area is 169 Å². The van der Waals surface area contributed by atoms with Gasteiger partial charge >= 0.3 is 0 Å². The number of nitrogens with one attached hydrogen (secondary N) is 1. The van der Waals surface area contributed by atoms with Gasteiger partial charge in [0.1, 0.15) is 23.2 Å². The largest absolute Gasteiger partial charge is 0.457 e. The van der Waals surface area contributed by atoms with E-state index in [0.29, 0.717) is 22.6 Å². The van der Waals surface area contributed by atoms with Gasteiger partial charge in [-0.05, 0) is 50.5 Å². The molecule has 1 aliphatic rings. The smallest absolute Gasteiger partial charge is 0.273 e. The lowest BCUT2D eigenvalue weighted by atomic mass is 9.95. The minimum Gasteiger partial charge on any atom is -0.457 e. The topological polar surface area (TPSA) is 109 Å². The van der Waals surface area contributed by atoms with Crippen molar-refractivity contribution in [1.29, 1.82) is 5.26 Å². The van der Waals surface area contributed by atoms with Gasteiger partial charge in [0.15, 0.2) is 0 Å². The second-order valence-electron chi connectivity index (χ2n) is 7.37. The van der Waals surface area contributed by atoms with Crippen LogP contribution in [0.2, 0.25) is 0 Å². The fraction of sp³-hybridized carbons (Fsp3) is 0.364. The Kier molecular flexibility index (Phi) is 6.13. The second kappa shape index (κ2) is 8.74. The summed E-state index contributed by atoms with van der Waals surface area (Å²) in [5, 5.41) is 23.6. The van der Waals surface area contributed by atoms with Crippen LogP contribution in [0.4, 0.5) is 5.69 Å². The highest BCUT2D eigenvalue weighted by molar-refractivity contribution is 6.01. The molecule has 0 atom stereocenters. The molecule has 7 heteroatoms. The third kappa shape index (κ3) is 4.72. The summed E-state index contributed by atoms with van der Waals surface area (Å²) in [5.74, 6) is 0.378.